The minimum atomic E-state index is -0.186. The molecule has 0 spiro atoms. The number of carbonyl (C=O) groups excluding carboxylic acids is 1. The van der Waals surface area contributed by atoms with Crippen molar-refractivity contribution >= 4 is 49.0 Å². The second kappa shape index (κ2) is 9.02. The summed E-state index contributed by atoms with van der Waals surface area (Å²) in [6.07, 6.45) is 3.27. The van der Waals surface area contributed by atoms with Gasteiger partial charge in [-0.15, -0.1) is 11.3 Å². The number of imidazole rings is 1. The van der Waals surface area contributed by atoms with Gasteiger partial charge in [-0.3, -0.25) is 9.36 Å². The van der Waals surface area contributed by atoms with Crippen LogP contribution in [0, 0.1) is 0 Å². The van der Waals surface area contributed by atoms with Gasteiger partial charge in [0.05, 0.1) is 12.5 Å². The maximum absolute atomic E-state index is 13.0. The number of hydrogen-bond donors (Lipinski definition) is 1. The Kier molecular flexibility index (Phi) is 5.57. The molecule has 0 aliphatic rings. The van der Waals surface area contributed by atoms with Gasteiger partial charge >= 0.3 is 0 Å². The first-order valence-corrected chi connectivity index (χ1v) is 12.4. The van der Waals surface area contributed by atoms with Crippen LogP contribution in [0.25, 0.3) is 37.0 Å². The van der Waals surface area contributed by atoms with E-state index in [4.69, 9.17) is 11.6 Å². The molecule has 6 heteroatoms. The van der Waals surface area contributed by atoms with Gasteiger partial charge in [-0.2, -0.15) is 0 Å². The molecular formula is C29H20ClN3OS. The summed E-state index contributed by atoms with van der Waals surface area (Å²) in [5, 5.41) is 6.19. The lowest BCUT2D eigenvalue weighted by Crippen LogP contribution is -2.25. The predicted octanol–water partition coefficient (Wildman–Crippen LogP) is 7.49. The molecule has 1 amide bonds. The molecule has 35 heavy (non-hydrogen) atoms. The third-order valence-electron chi connectivity index (χ3n) is 6.08. The number of fused-ring (bicyclic) bond motifs is 3. The molecule has 170 valence electrons. The summed E-state index contributed by atoms with van der Waals surface area (Å²) in [5.74, 6) is -0.186. The van der Waals surface area contributed by atoms with E-state index in [0.29, 0.717) is 17.3 Å². The highest BCUT2D eigenvalue weighted by atomic mass is 35.5. The highest BCUT2D eigenvalue weighted by Crippen LogP contribution is 2.40. The average Bonchev–Trinajstić information content (AvgIpc) is 3.53. The van der Waals surface area contributed by atoms with Crippen molar-refractivity contribution in [1.29, 1.82) is 0 Å². The zero-order chi connectivity index (χ0) is 23.8. The molecule has 0 bridgehead atoms. The Labute approximate surface area is 211 Å². The van der Waals surface area contributed by atoms with Crippen LogP contribution in [0.15, 0.2) is 104 Å². The lowest BCUT2D eigenvalue weighted by atomic mass is 10.0. The SMILES string of the molecule is O=C(NCc1ccc(Cl)cc1)c1cncn1-c1cccc(-c2cccc3c2sc2ccccc23)c1. The highest BCUT2D eigenvalue weighted by Gasteiger charge is 2.15. The van der Waals surface area contributed by atoms with Gasteiger partial charge in [-0.25, -0.2) is 4.98 Å². The van der Waals surface area contributed by atoms with Crippen molar-refractivity contribution < 1.29 is 4.79 Å². The van der Waals surface area contributed by atoms with Crippen molar-refractivity contribution in [2.45, 2.75) is 6.54 Å². The Morgan fingerprint density at radius 1 is 0.914 bits per heavy atom. The minimum absolute atomic E-state index is 0.186. The Morgan fingerprint density at radius 3 is 2.60 bits per heavy atom. The largest absolute Gasteiger partial charge is 0.347 e. The fourth-order valence-electron chi connectivity index (χ4n) is 4.34. The van der Waals surface area contributed by atoms with E-state index in [1.165, 1.54) is 25.7 Å². The first kappa shape index (κ1) is 21.6. The summed E-state index contributed by atoms with van der Waals surface area (Å²) in [5.41, 5.74) is 4.62. The van der Waals surface area contributed by atoms with Gasteiger partial charge in [0.1, 0.15) is 5.69 Å². The normalized spacial score (nSPS) is 11.2. The summed E-state index contributed by atoms with van der Waals surface area (Å²) < 4.78 is 4.36. The summed E-state index contributed by atoms with van der Waals surface area (Å²) >= 11 is 7.76. The van der Waals surface area contributed by atoms with E-state index >= 15 is 0 Å². The number of carbonyl (C=O) groups is 1. The van der Waals surface area contributed by atoms with Crippen LogP contribution >= 0.6 is 22.9 Å². The second-order valence-corrected chi connectivity index (χ2v) is 9.78. The zero-order valence-electron chi connectivity index (χ0n) is 18.6. The Balaban J connectivity index is 1.33. The molecule has 2 heterocycles. The van der Waals surface area contributed by atoms with Crippen molar-refractivity contribution in [2.24, 2.45) is 0 Å². The molecule has 0 unspecified atom stereocenters. The lowest BCUT2D eigenvalue weighted by Gasteiger charge is -2.11. The molecule has 0 radical (unpaired) electrons. The molecule has 4 aromatic carbocycles. The maximum Gasteiger partial charge on any atom is 0.270 e. The fourth-order valence-corrected chi connectivity index (χ4v) is 5.71. The predicted molar refractivity (Wildman–Crippen MR) is 145 cm³/mol. The van der Waals surface area contributed by atoms with E-state index in [2.05, 4.69) is 64.9 Å². The van der Waals surface area contributed by atoms with Gasteiger partial charge in [0, 0.05) is 37.4 Å². The second-order valence-electron chi connectivity index (χ2n) is 8.29. The van der Waals surface area contributed by atoms with Crippen molar-refractivity contribution in [2.75, 3.05) is 0 Å². The Hall–Kier alpha value is -3.93. The molecule has 0 saturated carbocycles. The topological polar surface area (TPSA) is 46.9 Å². The van der Waals surface area contributed by atoms with Gasteiger partial charge in [0.2, 0.25) is 0 Å². The zero-order valence-corrected chi connectivity index (χ0v) is 20.2. The molecule has 0 atom stereocenters. The molecule has 0 saturated heterocycles. The van der Waals surface area contributed by atoms with Crippen LogP contribution in [0.3, 0.4) is 0 Å². The van der Waals surface area contributed by atoms with Crippen molar-refractivity contribution in [3.63, 3.8) is 0 Å². The number of hydrogen-bond acceptors (Lipinski definition) is 3. The number of nitrogens with one attached hydrogen (secondary N) is 1. The van der Waals surface area contributed by atoms with Crippen LogP contribution < -0.4 is 5.32 Å². The van der Waals surface area contributed by atoms with E-state index in [0.717, 1.165) is 16.8 Å². The maximum atomic E-state index is 13.0. The van der Waals surface area contributed by atoms with Crippen LogP contribution in [-0.4, -0.2) is 15.5 Å². The first-order chi connectivity index (χ1) is 17.2. The first-order valence-electron chi connectivity index (χ1n) is 11.2. The molecule has 0 aliphatic heterocycles. The van der Waals surface area contributed by atoms with Crippen LogP contribution in [0.4, 0.5) is 0 Å². The summed E-state index contributed by atoms with van der Waals surface area (Å²) in [6, 6.07) is 30.6. The Morgan fingerprint density at radius 2 is 1.71 bits per heavy atom. The Bertz CT molecular complexity index is 1680. The van der Waals surface area contributed by atoms with E-state index in [1.807, 2.05) is 52.3 Å². The molecule has 2 aromatic heterocycles. The number of nitrogens with zero attached hydrogens (tertiary/aromatic N) is 2. The van der Waals surface area contributed by atoms with E-state index in [9.17, 15) is 4.79 Å². The number of thiophene rings is 1. The number of aromatic nitrogens is 2. The van der Waals surface area contributed by atoms with E-state index < -0.39 is 0 Å². The van der Waals surface area contributed by atoms with Crippen LogP contribution in [0.5, 0.6) is 0 Å². The number of rotatable bonds is 5. The smallest absolute Gasteiger partial charge is 0.270 e. The van der Waals surface area contributed by atoms with Gasteiger partial charge in [-0.1, -0.05) is 72.3 Å². The monoisotopic (exact) mass is 493 g/mol. The summed E-state index contributed by atoms with van der Waals surface area (Å²) in [6.45, 7) is 0.412. The number of benzene rings is 4. The van der Waals surface area contributed by atoms with Crippen LogP contribution in [0.1, 0.15) is 16.1 Å². The standard InChI is InChI=1S/C29H20ClN3OS/c30-21-13-11-19(12-14-21)16-32-29(34)26-17-31-18-33(26)22-6-3-5-20(15-22)23-8-4-9-25-24-7-1-2-10-27(24)35-28(23)25/h1-15,17-18H,16H2,(H,32,34). The third kappa shape index (κ3) is 4.09. The molecule has 1 N–H and O–H groups in total. The number of halogens is 1. The van der Waals surface area contributed by atoms with Crippen molar-refractivity contribution in [3.8, 4) is 16.8 Å². The van der Waals surface area contributed by atoms with Gasteiger partial charge in [0.15, 0.2) is 0 Å². The molecule has 4 nitrogen and oxygen atoms in total. The molecule has 6 aromatic rings. The van der Waals surface area contributed by atoms with Crippen molar-refractivity contribution in [1.82, 2.24) is 14.9 Å². The molecular weight excluding hydrogens is 474 g/mol. The molecule has 6 rings (SSSR count). The van der Waals surface area contributed by atoms with Crippen LogP contribution in [-0.2, 0) is 6.54 Å². The summed E-state index contributed by atoms with van der Waals surface area (Å²) in [4.78, 5) is 17.2. The van der Waals surface area contributed by atoms with E-state index in [-0.39, 0.29) is 5.91 Å². The third-order valence-corrected chi connectivity index (χ3v) is 7.55. The van der Waals surface area contributed by atoms with Crippen molar-refractivity contribution in [3.05, 3.63) is 120 Å². The van der Waals surface area contributed by atoms with Gasteiger partial charge < -0.3 is 5.32 Å². The minimum Gasteiger partial charge on any atom is -0.347 e. The van der Waals surface area contributed by atoms with Crippen LogP contribution in [0.2, 0.25) is 5.02 Å². The highest BCUT2D eigenvalue weighted by molar-refractivity contribution is 7.26. The van der Waals surface area contributed by atoms with E-state index in [1.54, 1.807) is 12.5 Å². The summed E-state index contributed by atoms with van der Waals surface area (Å²) in [7, 11) is 0. The lowest BCUT2D eigenvalue weighted by molar-refractivity contribution is 0.0944. The molecule has 0 fully saturated rings. The quantitative estimate of drug-likeness (QED) is 0.270. The number of amides is 1. The molecule has 0 aliphatic carbocycles. The van der Waals surface area contributed by atoms with Gasteiger partial charge in [-0.05, 0) is 47.0 Å². The van der Waals surface area contributed by atoms with Gasteiger partial charge in [0.25, 0.3) is 5.91 Å². The fraction of sp³-hybridized carbons (Fsp3) is 0.0345. The average molecular weight is 494 g/mol.